The number of hydrogen-bond donors (Lipinski definition) is 4. The highest BCUT2D eigenvalue weighted by Gasteiger charge is 2.60. The van der Waals surface area contributed by atoms with Gasteiger partial charge in [0.15, 0.2) is 0 Å². The number of carboxylic acid groups (broad SMARTS) is 1. The van der Waals surface area contributed by atoms with Crippen molar-refractivity contribution in [3.63, 3.8) is 0 Å². The molecule has 2 amide bonds. The molecular formula is C20H31ClN4O5S. The second-order valence-corrected chi connectivity index (χ2v) is 10.2. The molecule has 0 saturated carbocycles. The van der Waals surface area contributed by atoms with E-state index in [1.54, 1.807) is 6.92 Å². The molecule has 9 nitrogen and oxygen atoms in total. The zero-order valence-corrected chi connectivity index (χ0v) is 19.5. The van der Waals surface area contributed by atoms with Crippen LogP contribution >= 0.6 is 24.2 Å². The summed E-state index contributed by atoms with van der Waals surface area (Å²) < 4.78 is 0. The predicted molar refractivity (Wildman–Crippen MR) is 119 cm³/mol. The summed E-state index contributed by atoms with van der Waals surface area (Å²) in [5.74, 6) is -2.04. The van der Waals surface area contributed by atoms with Crippen LogP contribution in [-0.4, -0.2) is 93.5 Å². The van der Waals surface area contributed by atoms with E-state index >= 15 is 0 Å². The number of aliphatic hydroxyl groups excluding tert-OH is 1. The summed E-state index contributed by atoms with van der Waals surface area (Å²) in [7, 11) is 0. The van der Waals surface area contributed by atoms with Gasteiger partial charge in [-0.2, -0.15) is 0 Å². The van der Waals surface area contributed by atoms with Gasteiger partial charge in [-0.25, -0.2) is 4.79 Å². The van der Waals surface area contributed by atoms with Crippen molar-refractivity contribution in [1.29, 1.82) is 0 Å². The van der Waals surface area contributed by atoms with Gasteiger partial charge < -0.3 is 30.6 Å². The lowest BCUT2D eigenvalue weighted by molar-refractivity contribution is -0.163. The van der Waals surface area contributed by atoms with E-state index in [-0.39, 0.29) is 59.2 Å². The molecule has 4 aliphatic heterocycles. The zero-order chi connectivity index (χ0) is 21.7. The van der Waals surface area contributed by atoms with Gasteiger partial charge in [0.25, 0.3) is 0 Å². The van der Waals surface area contributed by atoms with Crippen LogP contribution in [-0.2, 0) is 14.4 Å². The average molecular weight is 475 g/mol. The lowest BCUT2D eigenvalue weighted by Gasteiger charge is -2.46. The smallest absolute Gasteiger partial charge is 0.353 e. The van der Waals surface area contributed by atoms with Crippen molar-refractivity contribution in [2.24, 2.45) is 11.8 Å². The van der Waals surface area contributed by atoms with Gasteiger partial charge in [-0.15, -0.1) is 24.2 Å². The molecule has 4 N–H and O–H groups in total. The molecule has 0 unspecified atom stereocenters. The number of halogens is 1. The fourth-order valence-corrected chi connectivity index (χ4v) is 6.67. The van der Waals surface area contributed by atoms with E-state index in [4.69, 9.17) is 0 Å². The molecule has 0 aromatic carbocycles. The van der Waals surface area contributed by atoms with E-state index in [1.165, 1.54) is 16.7 Å². The second kappa shape index (κ2) is 9.27. The fourth-order valence-electron chi connectivity index (χ4n) is 5.19. The highest BCUT2D eigenvalue weighted by molar-refractivity contribution is 8.03. The molecular weight excluding hydrogens is 444 g/mol. The molecule has 11 heteroatoms. The first-order valence-electron chi connectivity index (χ1n) is 10.6. The lowest BCUT2D eigenvalue weighted by atomic mass is 9.79. The van der Waals surface area contributed by atoms with Crippen molar-refractivity contribution in [1.82, 2.24) is 20.4 Å². The summed E-state index contributed by atoms with van der Waals surface area (Å²) in [6.07, 6.45) is -0.180. The third-order valence-corrected chi connectivity index (χ3v) is 8.19. The first kappa shape index (κ1) is 24.3. The van der Waals surface area contributed by atoms with Crippen LogP contribution in [0.1, 0.15) is 27.2 Å². The molecule has 0 aromatic rings. The number of amides is 2. The number of aliphatic hydroxyl groups is 1. The van der Waals surface area contributed by atoms with Crippen LogP contribution in [0.25, 0.3) is 0 Å². The van der Waals surface area contributed by atoms with Crippen molar-refractivity contribution in [3.05, 3.63) is 10.6 Å². The molecule has 4 rings (SSSR count). The highest BCUT2D eigenvalue weighted by atomic mass is 35.5. The normalized spacial score (nSPS) is 36.1. The number of piperazine rings is 1. The molecule has 7 atom stereocenters. The summed E-state index contributed by atoms with van der Waals surface area (Å²) in [6, 6.07) is -0.289. The number of β-lactam (4-membered cyclic amide) rings is 1. The topological polar surface area (TPSA) is 122 Å². The van der Waals surface area contributed by atoms with Gasteiger partial charge in [-0.3, -0.25) is 9.59 Å². The van der Waals surface area contributed by atoms with Crippen LogP contribution in [0.2, 0.25) is 0 Å². The summed E-state index contributed by atoms with van der Waals surface area (Å²) in [5.41, 5.74) is 0.0464. The van der Waals surface area contributed by atoms with Crippen LogP contribution < -0.4 is 10.6 Å². The fraction of sp³-hybridized carbons (Fsp3) is 0.750. The maximum absolute atomic E-state index is 12.9. The van der Waals surface area contributed by atoms with Crippen molar-refractivity contribution in [3.8, 4) is 0 Å². The van der Waals surface area contributed by atoms with E-state index < -0.39 is 18.0 Å². The van der Waals surface area contributed by atoms with E-state index in [1.807, 2.05) is 11.8 Å². The third-order valence-electron chi connectivity index (χ3n) is 6.67. The van der Waals surface area contributed by atoms with Crippen LogP contribution in [0.15, 0.2) is 10.6 Å². The summed E-state index contributed by atoms with van der Waals surface area (Å²) in [4.78, 5) is 41.2. The van der Waals surface area contributed by atoms with E-state index in [0.717, 1.165) is 6.54 Å². The number of fused-ring (bicyclic) bond motifs is 1. The Balaban J connectivity index is 0.00000272. The monoisotopic (exact) mass is 474 g/mol. The Bertz CT molecular complexity index is 794. The molecule has 0 aliphatic carbocycles. The van der Waals surface area contributed by atoms with E-state index in [2.05, 4.69) is 17.6 Å². The first-order valence-corrected chi connectivity index (χ1v) is 11.5. The number of thioether (sulfide) groups is 1. The van der Waals surface area contributed by atoms with Crippen LogP contribution in [0.5, 0.6) is 0 Å². The zero-order valence-electron chi connectivity index (χ0n) is 17.9. The number of nitrogens with zero attached hydrogens (tertiary/aromatic N) is 2. The summed E-state index contributed by atoms with van der Waals surface area (Å²) in [5, 5.41) is 26.4. The van der Waals surface area contributed by atoms with Crippen molar-refractivity contribution in [2.45, 2.75) is 56.7 Å². The van der Waals surface area contributed by atoms with Gasteiger partial charge in [0.05, 0.1) is 24.1 Å². The number of rotatable bonds is 5. The Morgan fingerprint density at radius 1 is 1.26 bits per heavy atom. The Morgan fingerprint density at radius 2 is 1.97 bits per heavy atom. The molecule has 4 aliphatic rings. The summed E-state index contributed by atoms with van der Waals surface area (Å²) in [6.45, 7) is 8.36. The van der Waals surface area contributed by atoms with E-state index in [9.17, 15) is 24.6 Å². The Labute approximate surface area is 192 Å². The molecule has 0 radical (unpaired) electrons. The molecule has 0 spiro atoms. The number of carboxylic acids is 1. The summed E-state index contributed by atoms with van der Waals surface area (Å²) >= 11 is 1.47. The number of nitrogens with one attached hydrogen (secondary N) is 2. The quantitative estimate of drug-likeness (QED) is 0.406. The van der Waals surface area contributed by atoms with E-state index in [0.29, 0.717) is 31.0 Å². The second-order valence-electron chi connectivity index (χ2n) is 8.85. The van der Waals surface area contributed by atoms with Gasteiger partial charge in [-0.05, 0) is 20.3 Å². The molecule has 3 saturated heterocycles. The lowest BCUT2D eigenvalue weighted by Crippen LogP contribution is -2.63. The maximum Gasteiger partial charge on any atom is 0.353 e. The first-order chi connectivity index (χ1) is 14.2. The van der Waals surface area contributed by atoms with Gasteiger partial charge in [-0.1, -0.05) is 6.92 Å². The van der Waals surface area contributed by atoms with Gasteiger partial charge in [0.1, 0.15) is 5.70 Å². The van der Waals surface area contributed by atoms with Gasteiger partial charge >= 0.3 is 5.97 Å². The minimum absolute atomic E-state index is 0. The van der Waals surface area contributed by atoms with Crippen LogP contribution in [0, 0.1) is 11.8 Å². The molecule has 4 heterocycles. The van der Waals surface area contributed by atoms with Crippen molar-refractivity contribution < 1.29 is 24.6 Å². The number of aliphatic carboxylic acids is 1. The minimum atomic E-state index is -1.11. The largest absolute Gasteiger partial charge is 0.477 e. The average Bonchev–Trinajstić information content (AvgIpc) is 3.23. The number of hydrogen-bond acceptors (Lipinski definition) is 7. The number of carbonyl (C=O) groups is 3. The SMILES string of the molecule is C[C@H]1CN(C(=O)[C@@H]2C[C@H](SC3=C(C(=O)O)N4C(=O)[C@H]([C@@H](C)O)[C@H]4[C@H]3C)CN2)CCN1.Cl. The highest BCUT2D eigenvalue weighted by Crippen LogP contribution is 2.51. The maximum atomic E-state index is 12.9. The number of carbonyl (C=O) groups excluding carboxylic acids is 2. The van der Waals surface area contributed by atoms with Crippen molar-refractivity contribution in [2.75, 3.05) is 26.2 Å². The van der Waals surface area contributed by atoms with Gasteiger partial charge in [0, 0.05) is 48.3 Å². The van der Waals surface area contributed by atoms with Crippen LogP contribution in [0.4, 0.5) is 0 Å². The molecule has 174 valence electrons. The molecule has 0 bridgehead atoms. The Hall–Kier alpha value is -1.33. The predicted octanol–water partition coefficient (Wildman–Crippen LogP) is -0.154. The molecule has 3 fully saturated rings. The minimum Gasteiger partial charge on any atom is -0.477 e. The van der Waals surface area contributed by atoms with Gasteiger partial charge in [0.2, 0.25) is 11.8 Å². The third kappa shape index (κ3) is 4.20. The Morgan fingerprint density at radius 3 is 2.58 bits per heavy atom. The standard InChI is InChI=1S/C20H30N4O5S.ClH/c1-9-8-23(5-4-21-9)18(26)13-6-12(7-22-13)30-17-10(2)15-14(11(3)25)19(27)24(15)16(17)20(28)29;/h9-15,21-22,25H,4-8H2,1-3H3,(H,28,29);1H/t9-,10+,11+,12-,13-,14+,15+;/m0./s1. The van der Waals surface area contributed by atoms with Crippen LogP contribution in [0.3, 0.4) is 0 Å². The van der Waals surface area contributed by atoms with Crippen molar-refractivity contribution >= 4 is 42.0 Å². The molecule has 31 heavy (non-hydrogen) atoms. The molecule has 0 aromatic heterocycles. The Kier molecular flexibility index (Phi) is 7.27.